The van der Waals surface area contributed by atoms with Gasteiger partial charge < -0.3 is 9.90 Å². The third-order valence-electron chi connectivity index (χ3n) is 1.73. The molecule has 0 aromatic rings. The molecule has 9 heavy (non-hydrogen) atoms. The molecule has 0 heterocycles. The zero-order chi connectivity index (χ0) is 6.85. The molecule has 1 rings (SSSR count). The van der Waals surface area contributed by atoms with Gasteiger partial charge in [-0.15, -0.1) is 0 Å². The average Bonchev–Trinajstić information content (AvgIpc) is 2.13. The number of carboxylic acids is 1. The number of carbonyl (C=O) groups excluding carboxylic acids is 1. The third-order valence-corrected chi connectivity index (χ3v) is 2.83. The molecule has 1 aliphatic carbocycles. The van der Waals surface area contributed by atoms with Crippen LogP contribution in [0, 0.1) is 5.92 Å². The predicted molar refractivity (Wildman–Crippen MR) is 35.1 cm³/mol. The number of hydrogen-bond acceptors (Lipinski definition) is 2. The van der Waals surface area contributed by atoms with Gasteiger partial charge in [-0.3, -0.25) is 0 Å². The summed E-state index contributed by atoms with van der Waals surface area (Å²) in [5.41, 5.74) is 0. The van der Waals surface area contributed by atoms with Crippen LogP contribution in [0.5, 0.6) is 0 Å². The molecule has 0 bridgehead atoms. The Morgan fingerprint density at radius 1 is 1.56 bits per heavy atom. The van der Waals surface area contributed by atoms with Crippen molar-refractivity contribution in [2.24, 2.45) is 5.92 Å². The summed E-state index contributed by atoms with van der Waals surface area (Å²) in [4.78, 5) is 10.4. The molecule has 0 aromatic heterocycles. The van der Waals surface area contributed by atoms with Crippen molar-refractivity contribution < 1.29 is 9.90 Å². The van der Waals surface area contributed by atoms with Crippen molar-refractivity contribution in [3.63, 3.8) is 0 Å². The van der Waals surface area contributed by atoms with Crippen LogP contribution in [0.4, 0.5) is 0 Å². The first-order valence-corrected chi connectivity index (χ1v) is 3.98. The molecule has 0 N–H and O–H groups in total. The summed E-state index contributed by atoms with van der Waals surface area (Å²) in [6.07, 6.45) is 2.76. The van der Waals surface area contributed by atoms with Crippen LogP contribution in [0.3, 0.4) is 0 Å². The Balaban J connectivity index is 2.49. The molecule has 3 heteroatoms. The minimum atomic E-state index is -0.908. The quantitative estimate of drug-likeness (QED) is 0.560. The number of rotatable bonds is 1. The number of hydrogen-bond donors (Lipinski definition) is 0. The Hall–Kier alpha value is -0.0500. The predicted octanol–water partition coefficient (Wildman–Crippen LogP) is 0.300. The van der Waals surface area contributed by atoms with Crippen molar-refractivity contribution in [3.8, 4) is 0 Å². The van der Waals surface area contributed by atoms with E-state index in [0.29, 0.717) is 0 Å². The second kappa shape index (κ2) is 2.69. The molecule has 0 radical (unpaired) electrons. The summed E-state index contributed by atoms with van der Waals surface area (Å²) in [5.74, 6) is -1.15. The van der Waals surface area contributed by atoms with E-state index in [2.05, 4.69) is 15.9 Å². The van der Waals surface area contributed by atoms with E-state index < -0.39 is 5.97 Å². The first kappa shape index (κ1) is 7.06. The Bertz CT molecular complexity index is 124. The second-order valence-electron chi connectivity index (χ2n) is 2.37. The number of alkyl halides is 1. The lowest BCUT2D eigenvalue weighted by molar-refractivity contribution is -0.311. The molecule has 0 saturated heterocycles. The lowest BCUT2D eigenvalue weighted by Crippen LogP contribution is -2.33. The van der Waals surface area contributed by atoms with E-state index >= 15 is 0 Å². The fourth-order valence-corrected chi connectivity index (χ4v) is 1.98. The zero-order valence-corrected chi connectivity index (χ0v) is 6.56. The highest BCUT2D eigenvalue weighted by atomic mass is 79.9. The van der Waals surface area contributed by atoms with E-state index in [1.165, 1.54) is 0 Å². The van der Waals surface area contributed by atoms with Crippen LogP contribution in [-0.2, 0) is 4.79 Å². The highest BCUT2D eigenvalue weighted by Gasteiger charge is 2.25. The summed E-state index contributed by atoms with van der Waals surface area (Å²) < 4.78 is 0. The van der Waals surface area contributed by atoms with Gasteiger partial charge in [-0.1, -0.05) is 22.4 Å². The Kier molecular flexibility index (Phi) is 2.11. The third kappa shape index (κ3) is 1.45. The highest BCUT2D eigenvalue weighted by Crippen LogP contribution is 2.30. The van der Waals surface area contributed by atoms with Crippen LogP contribution in [-0.4, -0.2) is 10.8 Å². The molecular formula is C6H8BrO2-. The van der Waals surface area contributed by atoms with Crippen molar-refractivity contribution in [2.75, 3.05) is 0 Å². The van der Waals surface area contributed by atoms with Crippen LogP contribution in [0.2, 0.25) is 0 Å². The molecule has 2 unspecified atom stereocenters. The van der Waals surface area contributed by atoms with E-state index in [4.69, 9.17) is 0 Å². The Labute approximate surface area is 62.4 Å². The van der Waals surface area contributed by atoms with Gasteiger partial charge in [0.15, 0.2) is 0 Å². The molecule has 2 nitrogen and oxygen atoms in total. The summed E-state index contributed by atoms with van der Waals surface area (Å²) in [6, 6.07) is 0. The number of halogens is 1. The normalized spacial score (nSPS) is 34.8. The maximum absolute atomic E-state index is 10.3. The van der Waals surface area contributed by atoms with Gasteiger partial charge in [0.25, 0.3) is 0 Å². The van der Waals surface area contributed by atoms with E-state index in [0.717, 1.165) is 19.3 Å². The van der Waals surface area contributed by atoms with E-state index in [-0.39, 0.29) is 10.7 Å². The molecule has 1 aliphatic rings. The van der Waals surface area contributed by atoms with Crippen LogP contribution in [0.25, 0.3) is 0 Å². The number of carbonyl (C=O) groups is 1. The monoisotopic (exact) mass is 191 g/mol. The maximum Gasteiger partial charge on any atom is 0.0456 e. The minimum absolute atomic E-state index is 0.155. The molecule has 1 saturated carbocycles. The fourth-order valence-electron chi connectivity index (χ4n) is 1.18. The standard InChI is InChI=1S/C6H9BrO2/c7-5-3-1-2-4(5)6(8)9/h4-5H,1-3H2,(H,8,9)/p-1. The van der Waals surface area contributed by atoms with Crippen molar-refractivity contribution in [1.82, 2.24) is 0 Å². The SMILES string of the molecule is O=C([O-])C1CCCC1Br. The van der Waals surface area contributed by atoms with Crippen LogP contribution in [0.15, 0.2) is 0 Å². The summed E-state index contributed by atoms with van der Waals surface area (Å²) in [5, 5.41) is 10.3. The van der Waals surface area contributed by atoms with Gasteiger partial charge in [0.1, 0.15) is 0 Å². The van der Waals surface area contributed by atoms with E-state index in [1.807, 2.05) is 0 Å². The molecular weight excluding hydrogens is 184 g/mol. The van der Waals surface area contributed by atoms with Gasteiger partial charge in [0.2, 0.25) is 0 Å². The largest absolute Gasteiger partial charge is 0.550 e. The van der Waals surface area contributed by atoms with Gasteiger partial charge >= 0.3 is 0 Å². The number of carboxylic acid groups (broad SMARTS) is 1. The van der Waals surface area contributed by atoms with Crippen molar-refractivity contribution >= 4 is 21.9 Å². The van der Waals surface area contributed by atoms with Crippen molar-refractivity contribution in [3.05, 3.63) is 0 Å². The van der Waals surface area contributed by atoms with Gasteiger partial charge in [-0.25, -0.2) is 0 Å². The summed E-state index contributed by atoms with van der Waals surface area (Å²) in [6.45, 7) is 0. The van der Waals surface area contributed by atoms with Gasteiger partial charge in [-0.05, 0) is 12.8 Å². The molecule has 0 spiro atoms. The van der Waals surface area contributed by atoms with E-state index in [1.54, 1.807) is 0 Å². The summed E-state index contributed by atoms with van der Waals surface area (Å²) >= 11 is 3.28. The maximum atomic E-state index is 10.3. The first-order chi connectivity index (χ1) is 4.22. The Morgan fingerprint density at radius 3 is 2.44 bits per heavy atom. The summed E-state index contributed by atoms with van der Waals surface area (Å²) in [7, 11) is 0. The minimum Gasteiger partial charge on any atom is -0.550 e. The molecule has 2 atom stereocenters. The first-order valence-electron chi connectivity index (χ1n) is 3.06. The zero-order valence-electron chi connectivity index (χ0n) is 4.97. The van der Waals surface area contributed by atoms with Crippen molar-refractivity contribution in [1.29, 1.82) is 0 Å². The molecule has 1 fully saturated rings. The van der Waals surface area contributed by atoms with Gasteiger partial charge in [-0.2, -0.15) is 0 Å². The molecule has 0 aromatic carbocycles. The lowest BCUT2D eigenvalue weighted by Gasteiger charge is -2.13. The second-order valence-corrected chi connectivity index (χ2v) is 3.55. The van der Waals surface area contributed by atoms with Crippen LogP contribution in [0.1, 0.15) is 19.3 Å². The lowest BCUT2D eigenvalue weighted by atomic mass is 10.1. The number of aliphatic carboxylic acids is 1. The van der Waals surface area contributed by atoms with Crippen LogP contribution >= 0.6 is 15.9 Å². The fraction of sp³-hybridized carbons (Fsp3) is 0.833. The Morgan fingerprint density at radius 2 is 2.22 bits per heavy atom. The molecule has 52 valence electrons. The van der Waals surface area contributed by atoms with E-state index in [9.17, 15) is 9.90 Å². The van der Waals surface area contributed by atoms with Crippen molar-refractivity contribution in [2.45, 2.75) is 24.1 Å². The molecule has 0 aliphatic heterocycles. The highest BCUT2D eigenvalue weighted by molar-refractivity contribution is 9.09. The van der Waals surface area contributed by atoms with Gasteiger partial charge in [0, 0.05) is 16.7 Å². The average molecular weight is 192 g/mol. The molecule has 0 amide bonds. The smallest absolute Gasteiger partial charge is 0.0456 e. The van der Waals surface area contributed by atoms with Gasteiger partial charge in [0.05, 0.1) is 0 Å². The van der Waals surface area contributed by atoms with Crippen LogP contribution < -0.4 is 5.11 Å². The topological polar surface area (TPSA) is 40.1 Å².